The van der Waals surface area contributed by atoms with Gasteiger partial charge in [0.25, 0.3) is 0 Å². The van der Waals surface area contributed by atoms with Crippen molar-refractivity contribution in [1.29, 1.82) is 0 Å². The summed E-state index contributed by atoms with van der Waals surface area (Å²) in [6.45, 7) is 10.9. The van der Waals surface area contributed by atoms with Crippen LogP contribution in [0.1, 0.15) is 47.5 Å². The summed E-state index contributed by atoms with van der Waals surface area (Å²) in [5.41, 5.74) is -0.389. The van der Waals surface area contributed by atoms with E-state index in [0.717, 1.165) is 25.3 Å². The van der Waals surface area contributed by atoms with Crippen LogP contribution < -0.4 is 0 Å². The van der Waals surface area contributed by atoms with Gasteiger partial charge in [-0.2, -0.15) is 0 Å². The van der Waals surface area contributed by atoms with Crippen molar-refractivity contribution in [3.8, 4) is 0 Å². The van der Waals surface area contributed by atoms with E-state index in [0.29, 0.717) is 6.04 Å². The van der Waals surface area contributed by atoms with Gasteiger partial charge in [-0.3, -0.25) is 0 Å². The van der Waals surface area contributed by atoms with Crippen LogP contribution in [0, 0.1) is 5.92 Å². The Morgan fingerprint density at radius 3 is 2.40 bits per heavy atom. The largest absolute Gasteiger partial charge is 0.444 e. The fraction of sp³-hybridized carbons (Fsp3) is 0.917. The van der Waals surface area contributed by atoms with Crippen molar-refractivity contribution in [2.45, 2.75) is 59.1 Å². The van der Waals surface area contributed by atoms with Crippen molar-refractivity contribution >= 4 is 6.09 Å². The summed E-state index contributed by atoms with van der Waals surface area (Å²) in [4.78, 5) is 13.7. The van der Waals surface area contributed by atoms with Gasteiger partial charge < -0.3 is 9.64 Å². The normalized spacial score (nSPS) is 27.7. The van der Waals surface area contributed by atoms with E-state index in [2.05, 4.69) is 13.8 Å². The molecular weight excluding hydrogens is 190 g/mol. The van der Waals surface area contributed by atoms with Gasteiger partial charge in [0.15, 0.2) is 0 Å². The van der Waals surface area contributed by atoms with Crippen molar-refractivity contribution < 1.29 is 9.53 Å². The van der Waals surface area contributed by atoms with Gasteiger partial charge in [-0.1, -0.05) is 6.92 Å². The third-order valence-corrected chi connectivity index (χ3v) is 2.77. The number of hydrogen-bond acceptors (Lipinski definition) is 2. The fourth-order valence-electron chi connectivity index (χ4n) is 2.00. The maximum absolute atomic E-state index is 11.8. The Balaban J connectivity index is 2.53. The second-order valence-corrected chi connectivity index (χ2v) is 5.65. The molecule has 0 bridgehead atoms. The van der Waals surface area contributed by atoms with Gasteiger partial charge in [-0.25, -0.2) is 4.79 Å². The lowest BCUT2D eigenvalue weighted by molar-refractivity contribution is 0.00806. The first kappa shape index (κ1) is 12.3. The van der Waals surface area contributed by atoms with E-state index in [4.69, 9.17) is 4.74 Å². The van der Waals surface area contributed by atoms with Crippen LogP contribution in [-0.2, 0) is 4.74 Å². The number of likely N-dealkylation sites (tertiary alicyclic amines) is 1. The Bertz CT molecular complexity index is 232. The molecule has 1 fully saturated rings. The van der Waals surface area contributed by atoms with E-state index in [-0.39, 0.29) is 11.7 Å². The molecule has 0 aromatic heterocycles. The summed E-state index contributed by atoms with van der Waals surface area (Å²) in [5.74, 6) is 0.721. The van der Waals surface area contributed by atoms with Gasteiger partial charge in [0.05, 0.1) is 0 Å². The first-order valence-corrected chi connectivity index (χ1v) is 5.79. The molecule has 1 saturated heterocycles. The minimum atomic E-state index is -0.389. The molecule has 1 aliphatic heterocycles. The van der Waals surface area contributed by atoms with Crippen LogP contribution in [0.25, 0.3) is 0 Å². The van der Waals surface area contributed by atoms with Crippen LogP contribution in [0.3, 0.4) is 0 Å². The molecule has 1 rings (SSSR count). The molecule has 1 aliphatic rings. The predicted molar refractivity (Wildman–Crippen MR) is 60.8 cm³/mol. The van der Waals surface area contributed by atoms with Crippen molar-refractivity contribution in [1.82, 2.24) is 4.90 Å². The van der Waals surface area contributed by atoms with Crippen LogP contribution in [0.15, 0.2) is 0 Å². The molecule has 0 N–H and O–H groups in total. The molecule has 0 spiro atoms. The zero-order valence-corrected chi connectivity index (χ0v) is 10.5. The topological polar surface area (TPSA) is 29.5 Å². The summed E-state index contributed by atoms with van der Waals surface area (Å²) < 4.78 is 5.37. The van der Waals surface area contributed by atoms with Crippen LogP contribution in [0.2, 0.25) is 0 Å². The van der Waals surface area contributed by atoms with E-state index >= 15 is 0 Å². The molecule has 0 aromatic carbocycles. The van der Waals surface area contributed by atoms with E-state index in [1.54, 1.807) is 0 Å². The molecule has 0 saturated carbocycles. The number of hydrogen-bond donors (Lipinski definition) is 0. The van der Waals surface area contributed by atoms with E-state index in [1.807, 2.05) is 25.7 Å². The van der Waals surface area contributed by atoms with Crippen molar-refractivity contribution in [3.63, 3.8) is 0 Å². The first-order valence-electron chi connectivity index (χ1n) is 5.79. The second-order valence-electron chi connectivity index (χ2n) is 5.65. The Morgan fingerprint density at radius 1 is 1.33 bits per heavy atom. The number of piperidine rings is 1. The summed E-state index contributed by atoms with van der Waals surface area (Å²) in [5, 5.41) is 0. The Kier molecular flexibility index (Phi) is 3.63. The van der Waals surface area contributed by atoms with Crippen molar-refractivity contribution in [3.05, 3.63) is 0 Å². The molecule has 3 nitrogen and oxygen atoms in total. The third-order valence-electron chi connectivity index (χ3n) is 2.77. The maximum atomic E-state index is 11.8. The molecule has 1 heterocycles. The zero-order valence-electron chi connectivity index (χ0n) is 10.5. The van der Waals surface area contributed by atoms with Crippen LogP contribution >= 0.6 is 0 Å². The first-order chi connectivity index (χ1) is 6.79. The lowest BCUT2D eigenvalue weighted by Gasteiger charge is -2.37. The Hall–Kier alpha value is -0.730. The minimum absolute atomic E-state index is 0.165. The van der Waals surface area contributed by atoms with Crippen molar-refractivity contribution in [2.75, 3.05) is 6.54 Å². The van der Waals surface area contributed by atoms with Crippen molar-refractivity contribution in [2.24, 2.45) is 5.92 Å². The molecule has 0 unspecified atom stereocenters. The number of rotatable bonds is 0. The molecule has 1 amide bonds. The highest BCUT2D eigenvalue weighted by atomic mass is 16.6. The average Bonchev–Trinajstić information content (AvgIpc) is 1.99. The zero-order chi connectivity index (χ0) is 11.6. The number of nitrogens with zero attached hydrogens (tertiary/aromatic N) is 1. The van der Waals surface area contributed by atoms with Crippen LogP contribution in [0.5, 0.6) is 0 Å². The van der Waals surface area contributed by atoms with Gasteiger partial charge in [0.1, 0.15) is 5.60 Å². The summed E-state index contributed by atoms with van der Waals surface area (Å²) >= 11 is 0. The molecular formula is C12H23NO2. The average molecular weight is 213 g/mol. The lowest BCUT2D eigenvalue weighted by Crippen LogP contribution is -2.46. The molecule has 0 radical (unpaired) electrons. The number of ether oxygens (including phenoxy) is 1. The summed E-state index contributed by atoms with van der Waals surface area (Å²) in [6, 6.07) is 0.309. The number of carbonyl (C=O) groups is 1. The van der Waals surface area contributed by atoms with Crippen LogP contribution in [-0.4, -0.2) is 29.2 Å². The molecule has 3 heteroatoms. The molecule has 88 valence electrons. The monoisotopic (exact) mass is 213 g/mol. The number of amides is 1. The molecule has 2 atom stereocenters. The molecule has 15 heavy (non-hydrogen) atoms. The lowest BCUT2D eigenvalue weighted by atomic mass is 9.94. The maximum Gasteiger partial charge on any atom is 0.410 e. The van der Waals surface area contributed by atoms with Gasteiger partial charge >= 0.3 is 6.09 Å². The van der Waals surface area contributed by atoms with E-state index in [1.165, 1.54) is 0 Å². The van der Waals surface area contributed by atoms with Gasteiger partial charge in [-0.15, -0.1) is 0 Å². The fourth-order valence-corrected chi connectivity index (χ4v) is 2.00. The quantitative estimate of drug-likeness (QED) is 0.619. The van der Waals surface area contributed by atoms with Gasteiger partial charge in [0, 0.05) is 12.6 Å². The Labute approximate surface area is 92.8 Å². The SMILES string of the molecule is C[C@@H]1CCN(C(=O)OC(C)(C)C)[C@H](C)C1. The summed E-state index contributed by atoms with van der Waals surface area (Å²) in [6.07, 6.45) is 2.00. The summed E-state index contributed by atoms with van der Waals surface area (Å²) in [7, 11) is 0. The highest BCUT2D eigenvalue weighted by Crippen LogP contribution is 2.23. The second kappa shape index (κ2) is 4.42. The Morgan fingerprint density at radius 2 is 1.93 bits per heavy atom. The van der Waals surface area contributed by atoms with E-state index in [9.17, 15) is 4.79 Å². The van der Waals surface area contributed by atoms with Gasteiger partial charge in [0.2, 0.25) is 0 Å². The number of carbonyl (C=O) groups excluding carboxylic acids is 1. The minimum Gasteiger partial charge on any atom is -0.444 e. The smallest absolute Gasteiger partial charge is 0.410 e. The van der Waals surface area contributed by atoms with Crippen LogP contribution in [0.4, 0.5) is 4.79 Å². The highest BCUT2D eigenvalue weighted by Gasteiger charge is 2.29. The predicted octanol–water partition coefficient (Wildman–Crippen LogP) is 3.04. The molecule has 0 aromatic rings. The third kappa shape index (κ3) is 3.73. The van der Waals surface area contributed by atoms with Gasteiger partial charge in [-0.05, 0) is 46.5 Å². The highest BCUT2D eigenvalue weighted by molar-refractivity contribution is 5.68. The standard InChI is InChI=1S/C12H23NO2/c1-9-6-7-13(10(2)8-9)11(14)15-12(3,4)5/h9-10H,6-8H2,1-5H3/t9-,10-/m1/s1. The van der Waals surface area contributed by atoms with E-state index < -0.39 is 0 Å². The molecule has 0 aliphatic carbocycles.